The van der Waals surface area contributed by atoms with Gasteiger partial charge in [0.15, 0.2) is 0 Å². The van der Waals surface area contributed by atoms with Gasteiger partial charge in [0.2, 0.25) is 0 Å². The average molecular weight is 273 g/mol. The molecule has 1 aromatic heterocycles. The first-order valence-electron chi connectivity index (χ1n) is 5.66. The molecule has 0 aliphatic heterocycles. The van der Waals surface area contributed by atoms with E-state index in [-0.39, 0.29) is 5.75 Å². The fourth-order valence-electron chi connectivity index (χ4n) is 1.97. The lowest BCUT2D eigenvalue weighted by atomic mass is 10.1. The zero-order valence-corrected chi connectivity index (χ0v) is 10.5. The van der Waals surface area contributed by atoms with Crippen LogP contribution in [0.1, 0.15) is 0 Å². The SMILES string of the molecule is O=c1oc2ccc(Cl)cc2cc1-c1cccc(O)c1. The van der Waals surface area contributed by atoms with Crippen molar-refractivity contribution in [3.63, 3.8) is 0 Å². The highest BCUT2D eigenvalue weighted by atomic mass is 35.5. The average Bonchev–Trinajstić information content (AvgIpc) is 2.38. The monoisotopic (exact) mass is 272 g/mol. The lowest BCUT2D eigenvalue weighted by molar-refractivity contribution is 0.475. The van der Waals surface area contributed by atoms with E-state index >= 15 is 0 Å². The van der Waals surface area contributed by atoms with Crippen molar-refractivity contribution in [1.82, 2.24) is 0 Å². The Balaban J connectivity index is 2.29. The van der Waals surface area contributed by atoms with E-state index in [0.717, 1.165) is 5.39 Å². The van der Waals surface area contributed by atoms with Gasteiger partial charge in [-0.1, -0.05) is 23.7 Å². The minimum Gasteiger partial charge on any atom is -0.508 e. The van der Waals surface area contributed by atoms with Crippen molar-refractivity contribution in [3.8, 4) is 16.9 Å². The molecule has 4 heteroatoms. The molecule has 0 bridgehead atoms. The van der Waals surface area contributed by atoms with Crippen LogP contribution in [-0.2, 0) is 0 Å². The molecule has 3 aromatic rings. The van der Waals surface area contributed by atoms with Crippen molar-refractivity contribution in [2.45, 2.75) is 0 Å². The van der Waals surface area contributed by atoms with E-state index in [2.05, 4.69) is 0 Å². The second kappa shape index (κ2) is 4.44. The van der Waals surface area contributed by atoms with E-state index in [4.69, 9.17) is 16.0 Å². The number of phenolic OH excluding ortho intramolecular Hbond substituents is 1. The molecule has 19 heavy (non-hydrogen) atoms. The molecule has 3 rings (SSSR count). The van der Waals surface area contributed by atoms with Gasteiger partial charge in [0, 0.05) is 10.4 Å². The fourth-order valence-corrected chi connectivity index (χ4v) is 2.15. The van der Waals surface area contributed by atoms with Gasteiger partial charge in [0.05, 0.1) is 5.56 Å². The Hall–Kier alpha value is -2.26. The Labute approximate surface area is 113 Å². The van der Waals surface area contributed by atoms with E-state index < -0.39 is 5.63 Å². The summed E-state index contributed by atoms with van der Waals surface area (Å²) in [7, 11) is 0. The third-order valence-corrected chi connectivity index (χ3v) is 3.09. The molecule has 0 atom stereocenters. The summed E-state index contributed by atoms with van der Waals surface area (Å²) in [5, 5.41) is 10.8. The Morgan fingerprint density at radius 1 is 1.05 bits per heavy atom. The van der Waals surface area contributed by atoms with E-state index in [0.29, 0.717) is 21.7 Å². The first-order valence-corrected chi connectivity index (χ1v) is 6.04. The van der Waals surface area contributed by atoms with Gasteiger partial charge in [-0.15, -0.1) is 0 Å². The number of benzene rings is 2. The number of phenols is 1. The van der Waals surface area contributed by atoms with Crippen molar-refractivity contribution >= 4 is 22.6 Å². The quantitative estimate of drug-likeness (QED) is 0.685. The van der Waals surface area contributed by atoms with Crippen molar-refractivity contribution in [2.24, 2.45) is 0 Å². The molecule has 0 radical (unpaired) electrons. The molecule has 0 amide bonds. The van der Waals surface area contributed by atoms with E-state index in [1.165, 1.54) is 6.07 Å². The van der Waals surface area contributed by atoms with Gasteiger partial charge in [-0.25, -0.2) is 4.79 Å². The summed E-state index contributed by atoms with van der Waals surface area (Å²) in [6.07, 6.45) is 0. The minimum atomic E-state index is -0.444. The highest BCUT2D eigenvalue weighted by Gasteiger charge is 2.08. The third kappa shape index (κ3) is 2.20. The molecule has 0 aliphatic rings. The highest BCUT2D eigenvalue weighted by molar-refractivity contribution is 6.31. The Bertz CT molecular complexity index is 821. The second-order valence-corrected chi connectivity index (χ2v) is 4.62. The normalized spacial score (nSPS) is 10.8. The van der Waals surface area contributed by atoms with Crippen LogP contribution in [0.15, 0.2) is 57.7 Å². The van der Waals surface area contributed by atoms with E-state index in [1.807, 2.05) is 0 Å². The number of halogens is 1. The Kier molecular flexibility index (Phi) is 2.76. The molecule has 1 N–H and O–H groups in total. The lowest BCUT2D eigenvalue weighted by Gasteiger charge is -2.03. The van der Waals surface area contributed by atoms with Gasteiger partial charge in [-0.2, -0.15) is 0 Å². The second-order valence-electron chi connectivity index (χ2n) is 4.18. The summed E-state index contributed by atoms with van der Waals surface area (Å²) in [6, 6.07) is 13.2. The van der Waals surface area contributed by atoms with Crippen LogP contribution in [0.25, 0.3) is 22.1 Å². The molecule has 94 valence electrons. The fraction of sp³-hybridized carbons (Fsp3) is 0. The van der Waals surface area contributed by atoms with Crippen LogP contribution in [0.4, 0.5) is 0 Å². The molecule has 3 nitrogen and oxygen atoms in total. The predicted molar refractivity (Wildman–Crippen MR) is 74.6 cm³/mol. The van der Waals surface area contributed by atoms with Crippen LogP contribution < -0.4 is 5.63 Å². The topological polar surface area (TPSA) is 50.4 Å². The lowest BCUT2D eigenvalue weighted by Crippen LogP contribution is -2.02. The van der Waals surface area contributed by atoms with Crippen LogP contribution >= 0.6 is 11.6 Å². The summed E-state index contributed by atoms with van der Waals surface area (Å²) >= 11 is 5.92. The van der Waals surface area contributed by atoms with Gasteiger partial charge in [-0.3, -0.25) is 0 Å². The zero-order chi connectivity index (χ0) is 13.4. The Morgan fingerprint density at radius 3 is 2.68 bits per heavy atom. The van der Waals surface area contributed by atoms with Crippen LogP contribution in [0, 0.1) is 0 Å². The molecule has 0 spiro atoms. The van der Waals surface area contributed by atoms with Crippen molar-refractivity contribution < 1.29 is 9.52 Å². The molecule has 1 heterocycles. The minimum absolute atomic E-state index is 0.100. The number of aromatic hydroxyl groups is 1. The molecular formula is C15H9ClO3. The van der Waals surface area contributed by atoms with Gasteiger partial charge in [0.25, 0.3) is 0 Å². The number of rotatable bonds is 1. The maximum Gasteiger partial charge on any atom is 0.344 e. The highest BCUT2D eigenvalue weighted by Crippen LogP contribution is 2.25. The summed E-state index contributed by atoms with van der Waals surface area (Å²) in [4.78, 5) is 11.9. The predicted octanol–water partition coefficient (Wildman–Crippen LogP) is 3.82. The maximum atomic E-state index is 11.9. The molecule has 0 saturated carbocycles. The molecular weight excluding hydrogens is 264 g/mol. The summed E-state index contributed by atoms with van der Waals surface area (Å²) in [5.74, 6) is 0.100. The summed E-state index contributed by atoms with van der Waals surface area (Å²) < 4.78 is 5.25. The number of fused-ring (bicyclic) bond motifs is 1. The van der Waals surface area contributed by atoms with Gasteiger partial charge in [0.1, 0.15) is 11.3 Å². The smallest absolute Gasteiger partial charge is 0.344 e. The molecule has 0 unspecified atom stereocenters. The molecule has 2 aromatic carbocycles. The van der Waals surface area contributed by atoms with Crippen LogP contribution in [0.3, 0.4) is 0 Å². The van der Waals surface area contributed by atoms with Gasteiger partial charge >= 0.3 is 5.63 Å². The largest absolute Gasteiger partial charge is 0.508 e. The molecule has 0 saturated heterocycles. The number of hydrogen-bond donors (Lipinski definition) is 1. The maximum absolute atomic E-state index is 11.9. The first-order chi connectivity index (χ1) is 9.13. The zero-order valence-electron chi connectivity index (χ0n) is 9.76. The van der Waals surface area contributed by atoms with Crippen LogP contribution in [-0.4, -0.2) is 5.11 Å². The van der Waals surface area contributed by atoms with Gasteiger partial charge in [-0.05, 0) is 42.0 Å². The van der Waals surface area contributed by atoms with E-state index in [1.54, 1.807) is 42.5 Å². The molecule has 0 fully saturated rings. The van der Waals surface area contributed by atoms with Crippen molar-refractivity contribution in [3.05, 3.63) is 64.0 Å². The van der Waals surface area contributed by atoms with E-state index in [9.17, 15) is 9.90 Å². The summed E-state index contributed by atoms with van der Waals surface area (Å²) in [6.45, 7) is 0. The molecule has 0 aliphatic carbocycles. The number of hydrogen-bond acceptors (Lipinski definition) is 3. The standard InChI is InChI=1S/C15H9ClO3/c16-11-4-5-14-10(6-11)8-13(15(18)19-14)9-2-1-3-12(17)7-9/h1-8,17H. The third-order valence-electron chi connectivity index (χ3n) is 2.85. The van der Waals surface area contributed by atoms with Crippen molar-refractivity contribution in [2.75, 3.05) is 0 Å². The van der Waals surface area contributed by atoms with Crippen LogP contribution in [0.5, 0.6) is 5.75 Å². The van der Waals surface area contributed by atoms with Crippen molar-refractivity contribution in [1.29, 1.82) is 0 Å². The summed E-state index contributed by atoms with van der Waals surface area (Å²) in [5.41, 5.74) is 1.04. The Morgan fingerprint density at radius 2 is 1.89 bits per heavy atom. The van der Waals surface area contributed by atoms with Crippen LogP contribution in [0.2, 0.25) is 5.02 Å². The van der Waals surface area contributed by atoms with Gasteiger partial charge < -0.3 is 9.52 Å². The first kappa shape index (κ1) is 11.8.